The van der Waals surface area contributed by atoms with Gasteiger partial charge in [-0.3, -0.25) is 0 Å². The highest BCUT2D eigenvalue weighted by Gasteiger charge is 2.09. The molecular weight excluding hydrogens is 255 g/mol. The first-order chi connectivity index (χ1) is 8.53. The van der Waals surface area contributed by atoms with Gasteiger partial charge in [0.1, 0.15) is 5.82 Å². The van der Waals surface area contributed by atoms with Crippen molar-refractivity contribution in [3.05, 3.63) is 35.6 Å². The van der Waals surface area contributed by atoms with Gasteiger partial charge in [0.05, 0.1) is 5.75 Å². The van der Waals surface area contributed by atoms with Crippen LogP contribution in [0.1, 0.15) is 18.4 Å². The Hall–Kier alpha value is -0.980. The molecule has 0 unspecified atom stereocenters. The Bertz CT molecular complexity index is 446. The molecule has 0 aliphatic carbocycles. The van der Waals surface area contributed by atoms with Crippen LogP contribution in [0.3, 0.4) is 0 Å². The third-order valence-electron chi connectivity index (χ3n) is 2.50. The first-order valence-corrected chi connectivity index (χ1v) is 7.55. The van der Waals surface area contributed by atoms with Crippen LogP contribution in [-0.2, 0) is 16.6 Å². The Morgan fingerprint density at radius 2 is 1.83 bits per heavy atom. The molecule has 102 valence electrons. The average Bonchev–Trinajstić information content (AvgIpc) is 2.34. The Morgan fingerprint density at radius 3 is 2.44 bits per heavy atom. The van der Waals surface area contributed by atoms with E-state index in [1.54, 1.807) is 12.1 Å². The lowest BCUT2D eigenvalue weighted by molar-refractivity contribution is 0.575. The van der Waals surface area contributed by atoms with Gasteiger partial charge in [-0.25, -0.2) is 17.5 Å². The molecule has 0 aliphatic rings. The molecule has 18 heavy (non-hydrogen) atoms. The van der Waals surface area contributed by atoms with E-state index in [1.807, 2.05) is 7.05 Å². The lowest BCUT2D eigenvalue weighted by atomic mass is 10.2. The number of benzene rings is 1. The van der Waals surface area contributed by atoms with Crippen LogP contribution in [-0.4, -0.2) is 27.8 Å². The molecule has 0 spiro atoms. The second kappa shape index (κ2) is 7.45. The molecule has 0 bridgehead atoms. The Kier molecular flexibility index (Phi) is 6.24. The minimum absolute atomic E-state index is 0.121. The maximum absolute atomic E-state index is 12.7. The number of sulfonamides is 1. The summed E-state index contributed by atoms with van der Waals surface area (Å²) in [7, 11) is -1.41. The molecule has 0 saturated carbocycles. The van der Waals surface area contributed by atoms with E-state index in [0.717, 1.165) is 18.5 Å². The fraction of sp³-hybridized carbons (Fsp3) is 0.500. The molecule has 0 aromatic heterocycles. The molecule has 0 fully saturated rings. The predicted molar refractivity (Wildman–Crippen MR) is 70.2 cm³/mol. The van der Waals surface area contributed by atoms with Crippen molar-refractivity contribution in [2.75, 3.05) is 19.3 Å². The predicted octanol–water partition coefficient (Wildman–Crippen LogP) is 1.24. The van der Waals surface area contributed by atoms with Gasteiger partial charge in [-0.2, -0.15) is 0 Å². The van der Waals surface area contributed by atoms with Crippen LogP contribution in [0.4, 0.5) is 4.39 Å². The highest BCUT2D eigenvalue weighted by atomic mass is 32.2. The van der Waals surface area contributed by atoms with E-state index < -0.39 is 10.0 Å². The Balaban J connectivity index is 2.34. The van der Waals surface area contributed by atoms with Crippen molar-refractivity contribution < 1.29 is 12.8 Å². The monoisotopic (exact) mass is 274 g/mol. The lowest BCUT2D eigenvalue weighted by Gasteiger charge is -2.06. The van der Waals surface area contributed by atoms with Crippen LogP contribution in [0.2, 0.25) is 0 Å². The van der Waals surface area contributed by atoms with E-state index >= 15 is 0 Å². The van der Waals surface area contributed by atoms with E-state index in [0.29, 0.717) is 6.42 Å². The summed E-state index contributed by atoms with van der Waals surface area (Å²) in [5, 5.41) is 2.97. The normalized spacial score (nSPS) is 11.7. The molecule has 0 saturated heterocycles. The average molecular weight is 274 g/mol. The molecule has 0 amide bonds. The van der Waals surface area contributed by atoms with Crippen LogP contribution in [0.25, 0.3) is 0 Å². The quantitative estimate of drug-likeness (QED) is 0.701. The molecule has 2 N–H and O–H groups in total. The topological polar surface area (TPSA) is 58.2 Å². The van der Waals surface area contributed by atoms with Gasteiger partial charge in [0.25, 0.3) is 0 Å². The van der Waals surface area contributed by atoms with Crippen LogP contribution in [0.5, 0.6) is 0 Å². The van der Waals surface area contributed by atoms with E-state index in [2.05, 4.69) is 10.0 Å². The van der Waals surface area contributed by atoms with Crippen molar-refractivity contribution in [2.24, 2.45) is 0 Å². The SMILES string of the molecule is CNCCCCS(=O)(=O)NCc1ccc(F)cc1. The lowest BCUT2D eigenvalue weighted by Crippen LogP contribution is -2.26. The number of hydrogen-bond donors (Lipinski definition) is 2. The van der Waals surface area contributed by atoms with Gasteiger partial charge in [0.2, 0.25) is 10.0 Å². The third-order valence-corrected chi connectivity index (χ3v) is 3.91. The third kappa shape index (κ3) is 6.09. The molecule has 0 aliphatic heterocycles. The number of halogens is 1. The second-order valence-electron chi connectivity index (χ2n) is 4.08. The van der Waals surface area contributed by atoms with E-state index in [9.17, 15) is 12.8 Å². The Labute approximate surface area is 108 Å². The van der Waals surface area contributed by atoms with Gasteiger partial charge >= 0.3 is 0 Å². The summed E-state index contributed by atoms with van der Waals surface area (Å²) in [5.74, 6) is -0.204. The Morgan fingerprint density at radius 1 is 1.17 bits per heavy atom. The van der Waals surface area contributed by atoms with Gasteiger partial charge in [0, 0.05) is 6.54 Å². The largest absolute Gasteiger partial charge is 0.320 e. The second-order valence-corrected chi connectivity index (χ2v) is 6.00. The summed E-state index contributed by atoms with van der Waals surface area (Å²) in [6.07, 6.45) is 1.45. The van der Waals surface area contributed by atoms with Gasteiger partial charge in [0.15, 0.2) is 0 Å². The zero-order valence-corrected chi connectivity index (χ0v) is 11.3. The summed E-state index contributed by atoms with van der Waals surface area (Å²) < 4.78 is 38.4. The summed E-state index contributed by atoms with van der Waals surface area (Å²) >= 11 is 0. The zero-order chi connectivity index (χ0) is 13.4. The van der Waals surface area contributed by atoms with Gasteiger partial charge in [-0.15, -0.1) is 0 Å². The maximum Gasteiger partial charge on any atom is 0.211 e. The summed E-state index contributed by atoms with van der Waals surface area (Å²) in [5.41, 5.74) is 0.746. The van der Waals surface area contributed by atoms with Crippen LogP contribution < -0.4 is 10.0 Å². The van der Waals surface area contributed by atoms with Gasteiger partial charge < -0.3 is 5.32 Å². The fourth-order valence-corrected chi connectivity index (χ4v) is 2.58. The van der Waals surface area contributed by atoms with Crippen molar-refractivity contribution in [1.29, 1.82) is 0 Å². The van der Waals surface area contributed by atoms with E-state index in [-0.39, 0.29) is 18.1 Å². The highest BCUT2D eigenvalue weighted by molar-refractivity contribution is 7.89. The molecule has 1 rings (SSSR count). The van der Waals surface area contributed by atoms with Gasteiger partial charge in [-0.1, -0.05) is 12.1 Å². The van der Waals surface area contributed by atoms with Crippen molar-refractivity contribution in [1.82, 2.24) is 10.0 Å². The van der Waals surface area contributed by atoms with Crippen molar-refractivity contribution >= 4 is 10.0 Å². The zero-order valence-electron chi connectivity index (χ0n) is 10.4. The minimum atomic E-state index is -3.24. The summed E-state index contributed by atoms with van der Waals surface area (Å²) in [4.78, 5) is 0. The van der Waals surface area contributed by atoms with Crippen LogP contribution in [0, 0.1) is 5.82 Å². The van der Waals surface area contributed by atoms with E-state index in [1.165, 1.54) is 12.1 Å². The number of unbranched alkanes of at least 4 members (excludes halogenated alkanes) is 1. The number of hydrogen-bond acceptors (Lipinski definition) is 3. The molecular formula is C12H19FN2O2S. The fourth-order valence-electron chi connectivity index (χ4n) is 1.46. The minimum Gasteiger partial charge on any atom is -0.320 e. The molecule has 0 atom stereocenters. The summed E-state index contributed by atoms with van der Waals surface area (Å²) in [6, 6.07) is 5.77. The maximum atomic E-state index is 12.7. The molecule has 0 heterocycles. The smallest absolute Gasteiger partial charge is 0.211 e. The number of rotatable bonds is 8. The molecule has 1 aromatic rings. The van der Waals surface area contributed by atoms with Crippen molar-refractivity contribution in [2.45, 2.75) is 19.4 Å². The van der Waals surface area contributed by atoms with Gasteiger partial charge in [-0.05, 0) is 44.1 Å². The summed E-state index contributed by atoms with van der Waals surface area (Å²) in [6.45, 7) is 1.02. The standard InChI is InChI=1S/C12H19FN2O2S/c1-14-8-2-3-9-18(16,17)15-10-11-4-6-12(13)7-5-11/h4-7,14-15H,2-3,8-10H2,1H3. The molecule has 1 aromatic carbocycles. The van der Waals surface area contributed by atoms with Crippen molar-refractivity contribution in [3.8, 4) is 0 Å². The number of nitrogens with one attached hydrogen (secondary N) is 2. The first-order valence-electron chi connectivity index (χ1n) is 5.90. The van der Waals surface area contributed by atoms with Crippen LogP contribution in [0.15, 0.2) is 24.3 Å². The highest BCUT2D eigenvalue weighted by Crippen LogP contribution is 2.03. The molecule has 0 radical (unpaired) electrons. The van der Waals surface area contributed by atoms with Crippen molar-refractivity contribution in [3.63, 3.8) is 0 Å². The van der Waals surface area contributed by atoms with E-state index in [4.69, 9.17) is 0 Å². The van der Waals surface area contributed by atoms with Crippen LogP contribution >= 0.6 is 0 Å². The molecule has 6 heteroatoms. The molecule has 4 nitrogen and oxygen atoms in total. The first kappa shape index (κ1) is 15.1.